The number of halogens is 3. The second-order valence-corrected chi connectivity index (χ2v) is 8.99. The Morgan fingerprint density at radius 2 is 1.68 bits per heavy atom. The Kier molecular flexibility index (Phi) is 7.35. The summed E-state index contributed by atoms with van der Waals surface area (Å²) in [6.45, 7) is 4.46. The first-order valence-corrected chi connectivity index (χ1v) is 11.6. The normalized spacial score (nSPS) is 14.4. The maximum Gasteiger partial charge on any atom is 0.416 e. The molecule has 0 spiro atoms. The molecule has 4 N–H and O–H groups in total. The first kappa shape index (κ1) is 26.0. The Balaban J connectivity index is 1.58. The fraction of sp³-hybridized carbons (Fsp3) is 0.269. The van der Waals surface area contributed by atoms with Gasteiger partial charge in [0.1, 0.15) is 0 Å². The molecule has 37 heavy (non-hydrogen) atoms. The molecule has 194 valence electrons. The summed E-state index contributed by atoms with van der Waals surface area (Å²) in [6.07, 6.45) is -1.71. The Morgan fingerprint density at radius 3 is 2.35 bits per heavy atom. The molecule has 2 amide bonds. The third-order valence-corrected chi connectivity index (χ3v) is 6.17. The van der Waals surface area contributed by atoms with Crippen molar-refractivity contribution in [3.05, 3.63) is 77.1 Å². The molecule has 2 heterocycles. The number of aromatic nitrogens is 1. The molecule has 8 nitrogen and oxygen atoms in total. The number of carbonyl (C=O) groups excluding carboxylic acids is 2. The van der Waals surface area contributed by atoms with E-state index >= 15 is 0 Å². The van der Waals surface area contributed by atoms with Crippen LogP contribution in [0.25, 0.3) is 0 Å². The highest BCUT2D eigenvalue weighted by atomic mass is 19.4. The summed E-state index contributed by atoms with van der Waals surface area (Å²) in [5, 5.41) is 5.72. The van der Waals surface area contributed by atoms with Crippen LogP contribution in [-0.2, 0) is 6.18 Å². The molecule has 1 fully saturated rings. The topological polar surface area (TPSA) is 104 Å². The Morgan fingerprint density at radius 1 is 0.946 bits per heavy atom. The number of carbonyl (C=O) groups is 2. The molecule has 3 aromatic rings. The summed E-state index contributed by atoms with van der Waals surface area (Å²) in [6, 6.07) is 10.0. The number of piperazine rings is 1. The molecule has 11 heteroatoms. The molecule has 0 saturated carbocycles. The molecule has 1 aliphatic heterocycles. The zero-order valence-corrected chi connectivity index (χ0v) is 20.4. The zero-order valence-electron chi connectivity index (χ0n) is 20.4. The Labute approximate surface area is 212 Å². The number of nitrogens with one attached hydrogen (secondary N) is 2. The summed E-state index contributed by atoms with van der Waals surface area (Å²) >= 11 is 0. The zero-order chi connectivity index (χ0) is 26.7. The second-order valence-electron chi connectivity index (χ2n) is 8.99. The van der Waals surface area contributed by atoms with Gasteiger partial charge in [-0.05, 0) is 55.9 Å². The molecule has 0 aliphatic carbocycles. The maximum absolute atomic E-state index is 13.6. The molecule has 0 atom stereocenters. The first-order chi connectivity index (χ1) is 17.5. The highest BCUT2D eigenvalue weighted by Crippen LogP contribution is 2.35. The summed E-state index contributed by atoms with van der Waals surface area (Å²) in [4.78, 5) is 32.5. The van der Waals surface area contributed by atoms with Crippen molar-refractivity contribution in [1.82, 2.24) is 9.88 Å². The molecule has 1 saturated heterocycles. The average Bonchev–Trinajstić information content (AvgIpc) is 2.85. The number of rotatable bonds is 6. The number of aryl methyl sites for hydroxylation is 1. The fourth-order valence-corrected chi connectivity index (χ4v) is 3.99. The predicted octanol–water partition coefficient (Wildman–Crippen LogP) is 4.26. The van der Waals surface area contributed by atoms with E-state index in [-0.39, 0.29) is 16.8 Å². The van der Waals surface area contributed by atoms with Gasteiger partial charge in [0.05, 0.1) is 23.0 Å². The van der Waals surface area contributed by atoms with E-state index in [2.05, 4.69) is 20.5 Å². The molecule has 0 unspecified atom stereocenters. The van der Waals surface area contributed by atoms with Gasteiger partial charge in [-0.3, -0.25) is 14.6 Å². The van der Waals surface area contributed by atoms with Crippen molar-refractivity contribution < 1.29 is 22.8 Å². The summed E-state index contributed by atoms with van der Waals surface area (Å²) in [5.74, 6) is -1.19. The van der Waals surface area contributed by atoms with E-state index in [0.717, 1.165) is 30.8 Å². The summed E-state index contributed by atoms with van der Waals surface area (Å²) in [5.41, 5.74) is 7.27. The van der Waals surface area contributed by atoms with Gasteiger partial charge in [-0.1, -0.05) is 6.07 Å². The van der Waals surface area contributed by atoms with Crippen LogP contribution in [-0.4, -0.2) is 54.9 Å². The molecule has 1 aromatic heterocycles. The van der Waals surface area contributed by atoms with Crippen molar-refractivity contribution in [1.29, 1.82) is 0 Å². The van der Waals surface area contributed by atoms with Crippen LogP contribution in [0.15, 0.2) is 54.9 Å². The number of primary amides is 1. The maximum atomic E-state index is 13.6. The number of anilines is 4. The number of nitrogens with zero attached hydrogens (tertiary/aromatic N) is 3. The Bertz CT molecular complexity index is 1320. The van der Waals surface area contributed by atoms with Gasteiger partial charge in [-0.2, -0.15) is 13.2 Å². The predicted molar refractivity (Wildman–Crippen MR) is 136 cm³/mol. The van der Waals surface area contributed by atoms with Gasteiger partial charge in [0.2, 0.25) is 5.91 Å². The van der Waals surface area contributed by atoms with Gasteiger partial charge in [0.15, 0.2) is 0 Å². The SMILES string of the molecule is Cc1ccc(C(=O)Nc2cc(N3CCN(C)CC3)cc(C(F)(F)F)c2)cc1Nc1cncc(C(N)=O)c1. The van der Waals surface area contributed by atoms with Crippen molar-refractivity contribution in [2.24, 2.45) is 5.73 Å². The van der Waals surface area contributed by atoms with Crippen molar-refractivity contribution in [2.45, 2.75) is 13.1 Å². The van der Waals surface area contributed by atoms with E-state index in [1.807, 2.05) is 18.9 Å². The van der Waals surface area contributed by atoms with Crippen LogP contribution >= 0.6 is 0 Å². The van der Waals surface area contributed by atoms with E-state index in [4.69, 9.17) is 5.73 Å². The molecule has 0 bridgehead atoms. The number of nitrogens with two attached hydrogens (primary N) is 1. The minimum atomic E-state index is -4.56. The van der Waals surface area contributed by atoms with Gasteiger partial charge in [0.25, 0.3) is 5.91 Å². The lowest BCUT2D eigenvalue weighted by Gasteiger charge is -2.34. The first-order valence-electron chi connectivity index (χ1n) is 11.6. The summed E-state index contributed by atoms with van der Waals surface area (Å²) in [7, 11) is 1.96. The number of hydrogen-bond acceptors (Lipinski definition) is 6. The minimum Gasteiger partial charge on any atom is -0.369 e. The highest BCUT2D eigenvalue weighted by Gasteiger charge is 2.32. The van der Waals surface area contributed by atoms with Crippen LogP contribution in [0.2, 0.25) is 0 Å². The number of pyridine rings is 1. The lowest BCUT2D eigenvalue weighted by molar-refractivity contribution is -0.137. The largest absolute Gasteiger partial charge is 0.416 e. The van der Waals surface area contributed by atoms with Crippen LogP contribution in [0, 0.1) is 6.92 Å². The number of benzene rings is 2. The number of alkyl halides is 3. The van der Waals surface area contributed by atoms with E-state index in [1.54, 1.807) is 24.3 Å². The third-order valence-electron chi connectivity index (χ3n) is 6.17. The minimum absolute atomic E-state index is 0.0576. The molecule has 1 aliphatic rings. The smallest absolute Gasteiger partial charge is 0.369 e. The second kappa shape index (κ2) is 10.5. The average molecular weight is 513 g/mol. The Hall–Kier alpha value is -4.12. The standard InChI is InChI=1S/C26H27F3N6O2/c1-16-3-4-17(10-23(16)32-21-9-18(24(30)36)14-31-15-21)25(37)33-20-11-19(26(27,28)29)12-22(13-20)35-7-5-34(2)6-8-35/h3-4,9-15,32H,5-8H2,1-2H3,(H2,30,36)(H,33,37). The van der Waals surface area contributed by atoms with E-state index in [9.17, 15) is 22.8 Å². The van der Waals surface area contributed by atoms with Crippen LogP contribution in [0.4, 0.5) is 35.9 Å². The quantitative estimate of drug-likeness (QED) is 0.456. The fourth-order valence-electron chi connectivity index (χ4n) is 3.99. The van der Waals surface area contributed by atoms with Crippen LogP contribution < -0.4 is 21.3 Å². The van der Waals surface area contributed by atoms with E-state index in [0.29, 0.717) is 30.2 Å². The van der Waals surface area contributed by atoms with E-state index < -0.39 is 23.6 Å². The van der Waals surface area contributed by atoms with Crippen molar-refractivity contribution in [3.8, 4) is 0 Å². The van der Waals surface area contributed by atoms with Gasteiger partial charge >= 0.3 is 6.18 Å². The lowest BCUT2D eigenvalue weighted by Crippen LogP contribution is -2.44. The lowest BCUT2D eigenvalue weighted by atomic mass is 10.1. The van der Waals surface area contributed by atoms with Gasteiger partial charge in [-0.25, -0.2) is 0 Å². The monoisotopic (exact) mass is 512 g/mol. The van der Waals surface area contributed by atoms with Gasteiger partial charge in [0, 0.05) is 55.0 Å². The van der Waals surface area contributed by atoms with Gasteiger partial charge < -0.3 is 26.2 Å². The molecule has 2 aromatic carbocycles. The molecular weight excluding hydrogens is 485 g/mol. The molecular formula is C26H27F3N6O2. The van der Waals surface area contributed by atoms with Crippen LogP contribution in [0.1, 0.15) is 31.8 Å². The van der Waals surface area contributed by atoms with Crippen molar-refractivity contribution >= 4 is 34.6 Å². The van der Waals surface area contributed by atoms with Crippen molar-refractivity contribution in [2.75, 3.05) is 48.8 Å². The third kappa shape index (κ3) is 6.36. The number of likely N-dealkylation sites (N-methyl/N-ethyl adjacent to an activating group) is 1. The number of amides is 2. The number of hydrogen-bond donors (Lipinski definition) is 3. The van der Waals surface area contributed by atoms with Gasteiger partial charge in [-0.15, -0.1) is 0 Å². The van der Waals surface area contributed by atoms with Crippen molar-refractivity contribution in [3.63, 3.8) is 0 Å². The molecule has 4 rings (SSSR count). The summed E-state index contributed by atoms with van der Waals surface area (Å²) < 4.78 is 40.9. The van der Waals surface area contributed by atoms with Crippen LogP contribution in [0.5, 0.6) is 0 Å². The van der Waals surface area contributed by atoms with E-state index in [1.165, 1.54) is 18.5 Å². The van der Waals surface area contributed by atoms with Crippen LogP contribution in [0.3, 0.4) is 0 Å². The highest BCUT2D eigenvalue weighted by molar-refractivity contribution is 6.05. The molecule has 0 radical (unpaired) electrons.